The lowest BCUT2D eigenvalue weighted by Gasteiger charge is -2.29. The van der Waals surface area contributed by atoms with Gasteiger partial charge in [-0.1, -0.05) is 18.2 Å². The second-order valence-electron chi connectivity index (χ2n) is 6.81. The molecule has 26 heavy (non-hydrogen) atoms. The number of amides is 1. The van der Waals surface area contributed by atoms with Gasteiger partial charge in [0.25, 0.3) is 0 Å². The quantitative estimate of drug-likeness (QED) is 0.867. The molecule has 0 aromatic heterocycles. The Morgan fingerprint density at radius 3 is 2.15 bits per heavy atom. The third kappa shape index (κ3) is 4.43. The monoisotopic (exact) mass is 374 g/mol. The number of nitrogens with zero attached hydrogens (tertiary/aromatic N) is 1. The highest BCUT2D eigenvalue weighted by Gasteiger charge is 2.29. The summed E-state index contributed by atoms with van der Waals surface area (Å²) in [6, 6.07) is 10.3. The van der Waals surface area contributed by atoms with E-state index in [1.165, 1.54) is 4.31 Å². The lowest BCUT2D eigenvalue weighted by molar-refractivity contribution is -0.116. The normalized spacial score (nSPS) is 12.5. The van der Waals surface area contributed by atoms with Gasteiger partial charge >= 0.3 is 0 Å². The Morgan fingerprint density at radius 1 is 0.962 bits per heavy atom. The van der Waals surface area contributed by atoms with Crippen LogP contribution in [0, 0.1) is 27.7 Å². The average molecular weight is 375 g/mol. The van der Waals surface area contributed by atoms with Crippen molar-refractivity contribution in [1.82, 2.24) is 0 Å². The highest BCUT2D eigenvalue weighted by Crippen LogP contribution is 2.25. The maximum Gasteiger partial charge on any atom is 0.248 e. The van der Waals surface area contributed by atoms with Crippen molar-refractivity contribution in [2.24, 2.45) is 0 Å². The second kappa shape index (κ2) is 7.50. The molecule has 2 aromatic carbocycles. The number of carbonyl (C=O) groups is 1. The molecule has 0 aliphatic rings. The van der Waals surface area contributed by atoms with Crippen LogP contribution in [0.3, 0.4) is 0 Å². The van der Waals surface area contributed by atoms with E-state index in [2.05, 4.69) is 5.32 Å². The van der Waals surface area contributed by atoms with Crippen LogP contribution in [0.15, 0.2) is 36.4 Å². The second-order valence-corrected chi connectivity index (χ2v) is 8.67. The van der Waals surface area contributed by atoms with Gasteiger partial charge in [0.1, 0.15) is 6.04 Å². The molecule has 2 rings (SSSR count). The van der Waals surface area contributed by atoms with E-state index in [0.29, 0.717) is 11.4 Å². The molecule has 0 radical (unpaired) electrons. The first-order valence-corrected chi connectivity index (χ1v) is 10.3. The summed E-state index contributed by atoms with van der Waals surface area (Å²) in [5.41, 5.74) is 5.16. The van der Waals surface area contributed by atoms with Crippen molar-refractivity contribution in [2.75, 3.05) is 15.9 Å². The van der Waals surface area contributed by atoms with Crippen molar-refractivity contribution in [3.05, 3.63) is 58.7 Å². The van der Waals surface area contributed by atoms with E-state index in [1.807, 2.05) is 52.0 Å². The summed E-state index contributed by atoms with van der Waals surface area (Å²) < 4.78 is 26.0. The Hall–Kier alpha value is -2.34. The van der Waals surface area contributed by atoms with Crippen molar-refractivity contribution in [1.29, 1.82) is 0 Å². The predicted molar refractivity (Wildman–Crippen MR) is 107 cm³/mol. The number of benzene rings is 2. The molecule has 2 aromatic rings. The van der Waals surface area contributed by atoms with Crippen LogP contribution in [0.2, 0.25) is 0 Å². The number of nitrogens with one attached hydrogen (secondary N) is 1. The Labute approximate surface area is 156 Å². The molecule has 0 fully saturated rings. The van der Waals surface area contributed by atoms with Gasteiger partial charge in [-0.25, -0.2) is 8.42 Å². The summed E-state index contributed by atoms with van der Waals surface area (Å²) in [6.07, 6.45) is 1.11. The van der Waals surface area contributed by atoms with Gasteiger partial charge in [-0.05, 0) is 75.1 Å². The zero-order valence-electron chi connectivity index (χ0n) is 16.1. The van der Waals surface area contributed by atoms with Gasteiger partial charge in [0, 0.05) is 5.69 Å². The number of hydrogen-bond acceptors (Lipinski definition) is 3. The number of sulfonamides is 1. The molecule has 0 bridgehead atoms. The molecule has 0 saturated heterocycles. The van der Waals surface area contributed by atoms with Gasteiger partial charge in [0.2, 0.25) is 15.9 Å². The van der Waals surface area contributed by atoms with Crippen LogP contribution in [0.4, 0.5) is 11.4 Å². The molecule has 0 aliphatic carbocycles. The Bertz CT molecular complexity index is 936. The lowest BCUT2D eigenvalue weighted by Crippen LogP contribution is -2.45. The minimum atomic E-state index is -3.63. The lowest BCUT2D eigenvalue weighted by atomic mass is 10.1. The van der Waals surface area contributed by atoms with Gasteiger partial charge in [-0.3, -0.25) is 9.10 Å². The number of hydrogen-bond donors (Lipinski definition) is 1. The van der Waals surface area contributed by atoms with Crippen LogP contribution >= 0.6 is 0 Å². The van der Waals surface area contributed by atoms with Gasteiger partial charge in [-0.15, -0.1) is 0 Å². The van der Waals surface area contributed by atoms with Gasteiger partial charge in [0.05, 0.1) is 11.9 Å². The zero-order valence-corrected chi connectivity index (χ0v) is 16.9. The molecule has 1 amide bonds. The van der Waals surface area contributed by atoms with E-state index in [1.54, 1.807) is 19.1 Å². The molecule has 0 heterocycles. The van der Waals surface area contributed by atoms with Gasteiger partial charge < -0.3 is 5.32 Å². The Morgan fingerprint density at radius 2 is 1.58 bits per heavy atom. The van der Waals surface area contributed by atoms with E-state index < -0.39 is 16.1 Å². The maximum absolute atomic E-state index is 12.8. The van der Waals surface area contributed by atoms with Crippen LogP contribution in [0.5, 0.6) is 0 Å². The summed E-state index contributed by atoms with van der Waals surface area (Å²) in [6.45, 7) is 9.31. The Balaban J connectivity index is 2.37. The van der Waals surface area contributed by atoms with E-state index >= 15 is 0 Å². The molecular formula is C20H26N2O3S. The fourth-order valence-electron chi connectivity index (χ4n) is 2.78. The first-order valence-electron chi connectivity index (χ1n) is 8.45. The largest absolute Gasteiger partial charge is 0.324 e. The summed E-state index contributed by atoms with van der Waals surface area (Å²) >= 11 is 0. The standard InChI is InChI=1S/C20H26N2O3S/c1-13-7-8-15(3)19(11-13)21-20(23)17(5)22(26(6,24)25)18-10-9-14(2)16(4)12-18/h7-12,17H,1-6H3,(H,21,23). The van der Waals surface area contributed by atoms with E-state index in [9.17, 15) is 13.2 Å². The van der Waals surface area contributed by atoms with Crippen LogP contribution in [-0.2, 0) is 14.8 Å². The number of rotatable bonds is 5. The van der Waals surface area contributed by atoms with E-state index in [-0.39, 0.29) is 5.91 Å². The first-order chi connectivity index (χ1) is 12.0. The number of carbonyl (C=O) groups excluding carboxylic acids is 1. The molecule has 1 atom stereocenters. The molecule has 1 N–H and O–H groups in total. The SMILES string of the molecule is Cc1ccc(C)c(NC(=O)C(C)N(c2ccc(C)c(C)c2)S(C)(=O)=O)c1. The highest BCUT2D eigenvalue weighted by molar-refractivity contribution is 7.92. The highest BCUT2D eigenvalue weighted by atomic mass is 32.2. The molecule has 1 unspecified atom stereocenters. The molecule has 0 aliphatic heterocycles. The Kier molecular flexibility index (Phi) is 5.76. The van der Waals surface area contributed by atoms with Gasteiger partial charge in [-0.2, -0.15) is 0 Å². The van der Waals surface area contributed by atoms with Crippen molar-refractivity contribution in [3.63, 3.8) is 0 Å². The van der Waals surface area contributed by atoms with E-state index in [0.717, 1.165) is 28.5 Å². The molecule has 6 heteroatoms. The number of aryl methyl sites for hydroxylation is 4. The fourth-order valence-corrected chi connectivity index (χ4v) is 3.95. The van der Waals surface area contributed by atoms with Crippen molar-refractivity contribution in [2.45, 2.75) is 40.7 Å². The molecule has 5 nitrogen and oxygen atoms in total. The van der Waals surface area contributed by atoms with Gasteiger partial charge in [0.15, 0.2) is 0 Å². The zero-order chi connectivity index (χ0) is 19.6. The van der Waals surface area contributed by atoms with Crippen molar-refractivity contribution < 1.29 is 13.2 Å². The predicted octanol–water partition coefficient (Wildman–Crippen LogP) is 3.71. The number of anilines is 2. The van der Waals surface area contributed by atoms with Crippen LogP contribution in [-0.4, -0.2) is 26.6 Å². The summed E-state index contributed by atoms with van der Waals surface area (Å²) in [5.74, 6) is -0.373. The van der Waals surface area contributed by atoms with Crippen LogP contribution < -0.4 is 9.62 Å². The third-order valence-corrected chi connectivity index (χ3v) is 5.73. The molecular weight excluding hydrogens is 348 g/mol. The summed E-state index contributed by atoms with van der Waals surface area (Å²) in [4.78, 5) is 12.8. The van der Waals surface area contributed by atoms with Crippen molar-refractivity contribution >= 4 is 27.3 Å². The van der Waals surface area contributed by atoms with E-state index in [4.69, 9.17) is 0 Å². The average Bonchev–Trinajstić information content (AvgIpc) is 2.53. The fraction of sp³-hybridized carbons (Fsp3) is 0.350. The smallest absolute Gasteiger partial charge is 0.248 e. The topological polar surface area (TPSA) is 66.5 Å². The third-order valence-electron chi connectivity index (χ3n) is 4.48. The summed E-state index contributed by atoms with van der Waals surface area (Å²) in [7, 11) is -3.63. The molecule has 0 saturated carbocycles. The minimum Gasteiger partial charge on any atom is -0.324 e. The summed E-state index contributed by atoms with van der Waals surface area (Å²) in [5, 5.41) is 2.85. The van der Waals surface area contributed by atoms with Crippen LogP contribution in [0.1, 0.15) is 29.2 Å². The van der Waals surface area contributed by atoms with Crippen molar-refractivity contribution in [3.8, 4) is 0 Å². The van der Waals surface area contributed by atoms with Crippen LogP contribution in [0.25, 0.3) is 0 Å². The first kappa shape index (κ1) is 20.0. The maximum atomic E-state index is 12.8. The molecule has 140 valence electrons. The molecule has 0 spiro atoms. The minimum absolute atomic E-state index is 0.373.